The van der Waals surface area contributed by atoms with Crippen molar-refractivity contribution in [1.29, 1.82) is 5.26 Å². The minimum atomic E-state index is -0.500. The Kier molecular flexibility index (Phi) is 5.88. The minimum absolute atomic E-state index is 0.0582. The average Bonchev–Trinajstić information content (AvgIpc) is 2.90. The first-order valence-electron chi connectivity index (χ1n) is 11.2. The van der Waals surface area contributed by atoms with E-state index < -0.39 is 6.04 Å². The van der Waals surface area contributed by atoms with Gasteiger partial charge >= 0.3 is 0 Å². The molecule has 0 saturated carbocycles. The Morgan fingerprint density at radius 1 is 0.972 bits per heavy atom. The molecular weight excluding hydrogens is 455 g/mol. The number of hydrogen-bond donors (Lipinski definition) is 2. The Morgan fingerprint density at radius 3 is 2.39 bits per heavy atom. The van der Waals surface area contributed by atoms with Crippen molar-refractivity contribution >= 4 is 17.2 Å². The lowest BCUT2D eigenvalue weighted by molar-refractivity contribution is 0.628. The van der Waals surface area contributed by atoms with Crippen LogP contribution in [0.15, 0.2) is 90.1 Å². The maximum atomic E-state index is 13.9. The van der Waals surface area contributed by atoms with Gasteiger partial charge < -0.3 is 11.1 Å². The second kappa shape index (κ2) is 9.31. The molecule has 176 valence electrons. The fraction of sp³-hybridized carbons (Fsp3) is 0.0714. The number of nitrogen functional groups attached to an aromatic ring is 1. The number of anilines is 2. The predicted molar refractivity (Wildman–Crippen MR) is 138 cm³/mol. The Labute approximate surface area is 206 Å². The van der Waals surface area contributed by atoms with Gasteiger partial charge in [0.2, 0.25) is 0 Å². The number of halogens is 1. The molecule has 3 heterocycles. The summed E-state index contributed by atoms with van der Waals surface area (Å²) >= 11 is 0. The normalized spacial score (nSPS) is 11.7. The number of nitrogens with two attached hydrogens (primary N) is 1. The number of hydrogen-bond acceptors (Lipinski definition) is 6. The molecule has 0 aliphatic heterocycles. The summed E-state index contributed by atoms with van der Waals surface area (Å²) < 4.78 is 15.5. The molecule has 0 fully saturated rings. The summed E-state index contributed by atoms with van der Waals surface area (Å²) in [5, 5.41) is 12.9. The van der Waals surface area contributed by atoms with E-state index >= 15 is 0 Å². The van der Waals surface area contributed by atoms with Crippen molar-refractivity contribution in [1.82, 2.24) is 14.4 Å². The number of nitriles is 1. The molecule has 0 unspecified atom stereocenters. The van der Waals surface area contributed by atoms with E-state index in [2.05, 4.69) is 15.3 Å². The molecular formula is C28H21FN6O. The summed E-state index contributed by atoms with van der Waals surface area (Å²) in [6, 6.07) is 22.6. The SMILES string of the molecule is C[C@H](Nc1ncnc(N)c1C#N)c1c(-c2ccccc2)c(=O)n2ccccc2c1-c1ccc(F)cc1. The second-order valence-corrected chi connectivity index (χ2v) is 8.26. The van der Waals surface area contributed by atoms with E-state index in [-0.39, 0.29) is 28.6 Å². The molecule has 3 N–H and O–H groups in total. The van der Waals surface area contributed by atoms with Gasteiger partial charge in [-0.05, 0) is 47.9 Å². The Balaban J connectivity index is 1.86. The molecule has 0 aliphatic carbocycles. The lowest BCUT2D eigenvalue weighted by Crippen LogP contribution is -2.23. The van der Waals surface area contributed by atoms with Gasteiger partial charge in [-0.25, -0.2) is 14.4 Å². The van der Waals surface area contributed by atoms with Crippen LogP contribution in [0, 0.1) is 17.1 Å². The van der Waals surface area contributed by atoms with E-state index in [0.29, 0.717) is 16.6 Å². The van der Waals surface area contributed by atoms with Gasteiger partial charge in [0.15, 0.2) is 0 Å². The molecule has 0 spiro atoms. The van der Waals surface area contributed by atoms with Gasteiger partial charge in [0.1, 0.15) is 35.4 Å². The molecule has 0 bridgehead atoms. The molecule has 0 aliphatic rings. The largest absolute Gasteiger partial charge is 0.382 e. The minimum Gasteiger partial charge on any atom is -0.382 e. The molecule has 36 heavy (non-hydrogen) atoms. The zero-order valence-corrected chi connectivity index (χ0v) is 19.3. The van der Waals surface area contributed by atoms with Crippen LogP contribution in [0.2, 0.25) is 0 Å². The third-order valence-electron chi connectivity index (χ3n) is 6.06. The maximum Gasteiger partial charge on any atom is 0.263 e. The lowest BCUT2D eigenvalue weighted by atomic mass is 9.88. The molecule has 7 nitrogen and oxygen atoms in total. The summed E-state index contributed by atoms with van der Waals surface area (Å²) in [5.41, 5.74) is 9.88. The Hall–Kier alpha value is -5.03. The average molecular weight is 477 g/mol. The molecule has 3 aromatic heterocycles. The highest BCUT2D eigenvalue weighted by atomic mass is 19.1. The highest BCUT2D eigenvalue weighted by Crippen LogP contribution is 2.39. The predicted octanol–water partition coefficient (Wildman–Crippen LogP) is 5.19. The number of aromatic nitrogens is 3. The van der Waals surface area contributed by atoms with Crippen LogP contribution in [-0.4, -0.2) is 14.4 Å². The summed E-state index contributed by atoms with van der Waals surface area (Å²) in [5.74, 6) is -0.0417. The van der Waals surface area contributed by atoms with Gasteiger partial charge in [-0.2, -0.15) is 5.26 Å². The number of pyridine rings is 2. The number of nitrogens with zero attached hydrogens (tertiary/aromatic N) is 4. The van der Waals surface area contributed by atoms with Crippen LogP contribution >= 0.6 is 0 Å². The lowest BCUT2D eigenvalue weighted by Gasteiger charge is -2.24. The molecule has 8 heteroatoms. The van der Waals surface area contributed by atoms with E-state index in [1.54, 1.807) is 28.8 Å². The van der Waals surface area contributed by atoms with Crippen molar-refractivity contribution in [3.8, 4) is 28.3 Å². The van der Waals surface area contributed by atoms with Crippen LogP contribution < -0.4 is 16.6 Å². The van der Waals surface area contributed by atoms with Crippen molar-refractivity contribution in [3.05, 3.63) is 113 Å². The molecule has 0 radical (unpaired) electrons. The molecule has 1 atom stereocenters. The molecule has 0 saturated heterocycles. The van der Waals surface area contributed by atoms with Crippen molar-refractivity contribution in [2.24, 2.45) is 0 Å². The van der Waals surface area contributed by atoms with Gasteiger partial charge in [-0.1, -0.05) is 48.5 Å². The van der Waals surface area contributed by atoms with Crippen LogP contribution in [0.5, 0.6) is 0 Å². The van der Waals surface area contributed by atoms with E-state index in [9.17, 15) is 14.4 Å². The molecule has 5 rings (SSSR count). The number of fused-ring (bicyclic) bond motifs is 1. The fourth-order valence-electron chi connectivity index (χ4n) is 4.46. The standard InChI is InChI=1S/C28H21FN6O/c1-17(34-27-21(15-30)26(31)32-16-33-27)23-24(19-10-12-20(29)13-11-19)22-9-5-6-14-35(22)28(36)25(23)18-7-3-2-4-8-18/h2-14,16-17H,1H3,(H3,31,32,33,34)/t17-/m0/s1. The monoisotopic (exact) mass is 476 g/mol. The second-order valence-electron chi connectivity index (χ2n) is 8.26. The van der Waals surface area contributed by atoms with Gasteiger partial charge in [0, 0.05) is 11.8 Å². The summed E-state index contributed by atoms with van der Waals surface area (Å²) in [7, 11) is 0. The smallest absolute Gasteiger partial charge is 0.263 e. The first-order chi connectivity index (χ1) is 17.5. The first-order valence-corrected chi connectivity index (χ1v) is 11.2. The summed E-state index contributed by atoms with van der Waals surface area (Å²) in [6.45, 7) is 1.88. The van der Waals surface area contributed by atoms with E-state index in [4.69, 9.17) is 5.73 Å². The molecule has 0 amide bonds. The van der Waals surface area contributed by atoms with E-state index in [1.165, 1.54) is 18.5 Å². The highest BCUT2D eigenvalue weighted by Gasteiger charge is 2.25. The number of nitrogens with one attached hydrogen (secondary N) is 1. The number of benzene rings is 2. The molecule has 2 aromatic carbocycles. The van der Waals surface area contributed by atoms with Crippen molar-refractivity contribution in [2.45, 2.75) is 13.0 Å². The van der Waals surface area contributed by atoms with E-state index in [0.717, 1.165) is 16.7 Å². The summed E-state index contributed by atoms with van der Waals surface area (Å²) in [6.07, 6.45) is 3.00. The quantitative estimate of drug-likeness (QED) is 0.361. The van der Waals surface area contributed by atoms with Crippen molar-refractivity contribution < 1.29 is 4.39 Å². The van der Waals surface area contributed by atoms with Gasteiger partial charge in [0.25, 0.3) is 5.56 Å². The topological polar surface area (TPSA) is 109 Å². The van der Waals surface area contributed by atoms with Gasteiger partial charge in [-0.15, -0.1) is 0 Å². The zero-order valence-electron chi connectivity index (χ0n) is 19.3. The van der Waals surface area contributed by atoms with Crippen LogP contribution in [0.4, 0.5) is 16.0 Å². The highest BCUT2D eigenvalue weighted by molar-refractivity contribution is 5.89. The fourth-order valence-corrected chi connectivity index (χ4v) is 4.46. The Bertz CT molecular complexity index is 1670. The van der Waals surface area contributed by atoms with Crippen molar-refractivity contribution in [2.75, 3.05) is 11.1 Å². The van der Waals surface area contributed by atoms with Gasteiger partial charge in [-0.3, -0.25) is 9.20 Å². The third-order valence-corrected chi connectivity index (χ3v) is 6.06. The molecule has 5 aromatic rings. The summed E-state index contributed by atoms with van der Waals surface area (Å²) in [4.78, 5) is 22.0. The van der Waals surface area contributed by atoms with Crippen LogP contribution in [-0.2, 0) is 0 Å². The Morgan fingerprint density at radius 2 is 1.67 bits per heavy atom. The first kappa shape index (κ1) is 22.7. The van der Waals surface area contributed by atoms with E-state index in [1.807, 2.05) is 55.5 Å². The zero-order chi connectivity index (χ0) is 25.2. The van der Waals surface area contributed by atoms with Crippen LogP contribution in [0.1, 0.15) is 24.1 Å². The van der Waals surface area contributed by atoms with Crippen molar-refractivity contribution in [3.63, 3.8) is 0 Å². The van der Waals surface area contributed by atoms with Crippen LogP contribution in [0.25, 0.3) is 27.8 Å². The maximum absolute atomic E-state index is 13.9. The number of rotatable bonds is 5. The van der Waals surface area contributed by atoms with Crippen LogP contribution in [0.3, 0.4) is 0 Å². The van der Waals surface area contributed by atoms with Gasteiger partial charge in [0.05, 0.1) is 17.1 Å². The third kappa shape index (κ3) is 3.93.